The van der Waals surface area contributed by atoms with Crippen LogP contribution in [0.4, 0.5) is 17.3 Å². The molecule has 0 bridgehead atoms. The minimum absolute atomic E-state index is 0.837. The van der Waals surface area contributed by atoms with E-state index in [2.05, 4.69) is 42.2 Å². The molecule has 1 aliphatic heterocycles. The molecule has 3 nitrogen and oxygen atoms in total. The molecule has 1 aromatic heterocycles. The number of fused-ring (bicyclic) bond motifs is 2. The summed E-state index contributed by atoms with van der Waals surface area (Å²) in [4.78, 5) is 4.44. The summed E-state index contributed by atoms with van der Waals surface area (Å²) in [6.45, 7) is 2.06. The lowest BCUT2D eigenvalue weighted by atomic mass is 10.1. The number of rotatable bonds is 2. The van der Waals surface area contributed by atoms with Crippen molar-refractivity contribution in [2.24, 2.45) is 0 Å². The molecule has 0 N–H and O–H groups in total. The van der Waals surface area contributed by atoms with Gasteiger partial charge in [-0.2, -0.15) is 0 Å². The maximum absolute atomic E-state index is 5.76. The Morgan fingerprint density at radius 2 is 1.86 bits per heavy atom. The smallest absolute Gasteiger partial charge is 0.218 e. The van der Waals surface area contributed by atoms with Crippen LogP contribution in [-0.2, 0) is 0 Å². The molecule has 0 radical (unpaired) electrons. The van der Waals surface area contributed by atoms with Crippen molar-refractivity contribution in [1.29, 1.82) is 0 Å². The molecule has 0 saturated heterocycles. The van der Waals surface area contributed by atoms with Gasteiger partial charge in [0.1, 0.15) is 5.75 Å². The van der Waals surface area contributed by atoms with Gasteiger partial charge >= 0.3 is 0 Å². The minimum atomic E-state index is 0.837. The Morgan fingerprint density at radius 1 is 1.00 bits per heavy atom. The highest BCUT2D eigenvalue weighted by Crippen LogP contribution is 2.53. The third kappa shape index (κ3) is 1.99. The van der Waals surface area contributed by atoms with Crippen molar-refractivity contribution in [3.8, 4) is 5.75 Å². The number of nitrogens with zero attached hydrogens (tertiary/aromatic N) is 1. The lowest BCUT2D eigenvalue weighted by Gasteiger charge is -2.30. The van der Waals surface area contributed by atoms with Crippen LogP contribution in [0.25, 0.3) is 0 Å². The van der Waals surface area contributed by atoms with Crippen LogP contribution in [0, 0.1) is 6.92 Å². The second-order valence-corrected chi connectivity index (χ2v) is 6.25. The first-order valence-electron chi connectivity index (χ1n) is 7.07. The van der Waals surface area contributed by atoms with Gasteiger partial charge in [-0.25, -0.2) is 0 Å². The van der Waals surface area contributed by atoms with Crippen LogP contribution in [0.1, 0.15) is 5.56 Å². The third-order valence-corrected chi connectivity index (χ3v) is 4.81. The molecule has 2 aromatic carbocycles. The minimum Gasteiger partial charge on any atom is -0.495 e. The van der Waals surface area contributed by atoms with Crippen molar-refractivity contribution >= 4 is 29.0 Å². The highest BCUT2D eigenvalue weighted by Gasteiger charge is 2.29. The van der Waals surface area contributed by atoms with Gasteiger partial charge in [0.25, 0.3) is 0 Å². The average molecular weight is 309 g/mol. The van der Waals surface area contributed by atoms with Crippen molar-refractivity contribution in [2.75, 3.05) is 12.0 Å². The summed E-state index contributed by atoms with van der Waals surface area (Å²) in [5, 5.41) is 0. The van der Waals surface area contributed by atoms with Gasteiger partial charge in [0, 0.05) is 4.90 Å². The lowest BCUT2D eigenvalue weighted by molar-refractivity contribution is 0.415. The average Bonchev–Trinajstić information content (AvgIpc) is 3.00. The van der Waals surface area contributed by atoms with Gasteiger partial charge in [-0.05, 0) is 42.8 Å². The number of hydrogen-bond donors (Lipinski definition) is 0. The number of methoxy groups -OCH3 is 1. The monoisotopic (exact) mass is 309 g/mol. The molecule has 1 aliphatic rings. The van der Waals surface area contributed by atoms with Crippen LogP contribution in [0.15, 0.2) is 69.0 Å². The number of ether oxygens (including phenoxy) is 1. The first kappa shape index (κ1) is 13.3. The standard InChI is InChI=1S/C18H15NO2S/c1-12-7-8-13(15(11-12)20-2)19-14-5-3-4-6-16(14)22-17-9-10-21-18(17)19/h3-11H,1-2H3. The van der Waals surface area contributed by atoms with Gasteiger partial charge in [-0.3, -0.25) is 4.90 Å². The van der Waals surface area contributed by atoms with E-state index in [1.165, 1.54) is 10.5 Å². The van der Waals surface area contributed by atoms with Crippen LogP contribution < -0.4 is 9.64 Å². The van der Waals surface area contributed by atoms with Gasteiger partial charge in [0.05, 0.1) is 29.6 Å². The van der Waals surface area contributed by atoms with E-state index in [0.29, 0.717) is 0 Å². The van der Waals surface area contributed by atoms with Gasteiger partial charge in [-0.1, -0.05) is 30.0 Å². The SMILES string of the molecule is COc1cc(C)ccc1N1c2ccccc2Sc2ccoc21. The number of hydrogen-bond acceptors (Lipinski definition) is 4. The summed E-state index contributed by atoms with van der Waals surface area (Å²) in [7, 11) is 1.70. The molecule has 4 heteroatoms. The first-order valence-corrected chi connectivity index (χ1v) is 7.89. The molecule has 3 aromatic rings. The number of anilines is 3. The van der Waals surface area contributed by atoms with Crippen LogP contribution in [-0.4, -0.2) is 7.11 Å². The Labute approximate surface area is 133 Å². The quantitative estimate of drug-likeness (QED) is 0.486. The van der Waals surface area contributed by atoms with Gasteiger partial charge < -0.3 is 9.15 Å². The van der Waals surface area contributed by atoms with E-state index in [0.717, 1.165) is 27.9 Å². The molecule has 0 atom stereocenters. The Hall–Kier alpha value is -2.33. The van der Waals surface area contributed by atoms with E-state index in [-0.39, 0.29) is 0 Å². The predicted octanol–water partition coefficient (Wildman–Crippen LogP) is 5.53. The number of furan rings is 1. The molecule has 4 rings (SSSR count). The van der Waals surface area contributed by atoms with Crippen molar-refractivity contribution in [3.05, 3.63) is 60.4 Å². The second kappa shape index (κ2) is 5.14. The fourth-order valence-electron chi connectivity index (χ4n) is 2.70. The number of benzene rings is 2. The topological polar surface area (TPSA) is 25.6 Å². The van der Waals surface area contributed by atoms with Gasteiger partial charge in [-0.15, -0.1) is 0 Å². The zero-order chi connectivity index (χ0) is 15.1. The predicted molar refractivity (Wildman–Crippen MR) is 88.8 cm³/mol. The highest BCUT2D eigenvalue weighted by atomic mass is 32.2. The highest BCUT2D eigenvalue weighted by molar-refractivity contribution is 7.99. The fraction of sp³-hybridized carbons (Fsp3) is 0.111. The molecule has 0 fully saturated rings. The summed E-state index contributed by atoms with van der Waals surface area (Å²) in [5.41, 5.74) is 3.26. The molecular weight excluding hydrogens is 294 g/mol. The van der Waals surface area contributed by atoms with Crippen LogP contribution in [0.3, 0.4) is 0 Å². The van der Waals surface area contributed by atoms with Gasteiger partial charge in [0.15, 0.2) is 0 Å². The van der Waals surface area contributed by atoms with Crippen LogP contribution in [0.5, 0.6) is 5.75 Å². The van der Waals surface area contributed by atoms with Gasteiger partial charge in [0.2, 0.25) is 5.88 Å². The van der Waals surface area contributed by atoms with Crippen molar-refractivity contribution in [3.63, 3.8) is 0 Å². The van der Waals surface area contributed by atoms with Crippen LogP contribution in [0.2, 0.25) is 0 Å². The molecule has 2 heterocycles. The second-order valence-electron chi connectivity index (χ2n) is 5.17. The Morgan fingerprint density at radius 3 is 2.73 bits per heavy atom. The maximum atomic E-state index is 5.76. The van der Waals surface area contributed by atoms with Crippen molar-refractivity contribution in [2.45, 2.75) is 16.7 Å². The molecular formula is C18H15NO2S. The van der Waals surface area contributed by atoms with Crippen molar-refractivity contribution < 1.29 is 9.15 Å². The maximum Gasteiger partial charge on any atom is 0.218 e. The Kier molecular flexibility index (Phi) is 3.12. The molecule has 0 spiro atoms. The molecule has 0 unspecified atom stereocenters. The Bertz CT molecular complexity index is 841. The zero-order valence-electron chi connectivity index (χ0n) is 12.4. The summed E-state index contributed by atoms with van der Waals surface area (Å²) in [6, 6.07) is 16.5. The third-order valence-electron chi connectivity index (χ3n) is 3.72. The summed E-state index contributed by atoms with van der Waals surface area (Å²) in [6.07, 6.45) is 1.73. The molecule has 0 saturated carbocycles. The van der Waals surface area contributed by atoms with E-state index >= 15 is 0 Å². The van der Waals surface area contributed by atoms with E-state index in [1.807, 2.05) is 18.2 Å². The normalized spacial score (nSPS) is 12.7. The largest absolute Gasteiger partial charge is 0.495 e. The summed E-state index contributed by atoms with van der Waals surface area (Å²) >= 11 is 1.73. The first-order chi connectivity index (χ1) is 10.8. The fourth-order valence-corrected chi connectivity index (χ4v) is 3.69. The van der Waals surface area contributed by atoms with E-state index < -0.39 is 0 Å². The summed E-state index contributed by atoms with van der Waals surface area (Å²) in [5.74, 6) is 1.68. The van der Waals surface area contributed by atoms with E-state index in [1.54, 1.807) is 25.1 Å². The molecule has 22 heavy (non-hydrogen) atoms. The number of para-hydroxylation sites is 1. The van der Waals surface area contributed by atoms with E-state index in [4.69, 9.17) is 9.15 Å². The van der Waals surface area contributed by atoms with E-state index in [9.17, 15) is 0 Å². The lowest BCUT2D eigenvalue weighted by Crippen LogP contribution is -2.14. The van der Waals surface area contributed by atoms with Crippen molar-refractivity contribution in [1.82, 2.24) is 0 Å². The van der Waals surface area contributed by atoms with Crippen LogP contribution >= 0.6 is 11.8 Å². The zero-order valence-corrected chi connectivity index (χ0v) is 13.2. The Balaban J connectivity index is 1.97. The molecule has 110 valence electrons. The number of aryl methyl sites for hydroxylation is 1. The molecule has 0 aliphatic carbocycles. The summed E-state index contributed by atoms with van der Waals surface area (Å²) < 4.78 is 11.4. The molecule has 0 amide bonds.